The number of methoxy groups -OCH3 is 1. The number of carbonyl (C=O) groups excluding carboxylic acids is 1. The van der Waals surface area contributed by atoms with E-state index in [0.29, 0.717) is 24.5 Å². The third-order valence-corrected chi connectivity index (χ3v) is 4.63. The highest BCUT2D eigenvalue weighted by atomic mass is 16.5. The molecule has 0 radical (unpaired) electrons. The number of hydrogen-bond donors (Lipinski definition) is 2. The Morgan fingerprint density at radius 2 is 2.00 bits per heavy atom. The molecule has 2 aliphatic heterocycles. The minimum Gasteiger partial charge on any atom is -0.497 e. The Labute approximate surface area is 126 Å². The van der Waals surface area contributed by atoms with Crippen LogP contribution in [0.1, 0.15) is 37.7 Å². The van der Waals surface area contributed by atoms with Gasteiger partial charge in [-0.05, 0) is 43.4 Å². The molecule has 114 valence electrons. The average molecular weight is 288 g/mol. The van der Waals surface area contributed by atoms with E-state index in [4.69, 9.17) is 4.74 Å². The van der Waals surface area contributed by atoms with Gasteiger partial charge >= 0.3 is 0 Å². The summed E-state index contributed by atoms with van der Waals surface area (Å²) in [5, 5.41) is 6.91. The summed E-state index contributed by atoms with van der Waals surface area (Å²) in [6.07, 6.45) is 6.06. The van der Waals surface area contributed by atoms with E-state index in [0.717, 1.165) is 31.4 Å². The zero-order valence-corrected chi connectivity index (χ0v) is 12.6. The van der Waals surface area contributed by atoms with Crippen molar-refractivity contribution < 1.29 is 9.53 Å². The molecule has 1 aromatic carbocycles. The van der Waals surface area contributed by atoms with Gasteiger partial charge < -0.3 is 15.4 Å². The molecule has 2 N–H and O–H groups in total. The fourth-order valence-corrected chi connectivity index (χ4v) is 3.52. The predicted molar refractivity (Wildman–Crippen MR) is 82.4 cm³/mol. The molecule has 1 aromatic rings. The van der Waals surface area contributed by atoms with E-state index < -0.39 is 0 Å². The van der Waals surface area contributed by atoms with Gasteiger partial charge in [-0.3, -0.25) is 4.79 Å². The number of hydrogen-bond acceptors (Lipinski definition) is 3. The van der Waals surface area contributed by atoms with Crippen molar-refractivity contribution in [2.45, 2.75) is 56.7 Å². The molecule has 0 saturated carbocycles. The fraction of sp³-hybridized carbons (Fsp3) is 0.588. The Kier molecular flexibility index (Phi) is 4.44. The summed E-state index contributed by atoms with van der Waals surface area (Å²) in [5.41, 5.74) is 1.31. The Morgan fingerprint density at radius 1 is 1.19 bits per heavy atom. The summed E-state index contributed by atoms with van der Waals surface area (Å²) >= 11 is 0. The standard InChI is InChI=1S/C17H24N2O2/c1-21-14-8-6-12(7-9-14)10-13-11-16-15(18-13)4-2-3-5-17(20)19-16/h6-9,13,15-16,18H,2-5,10-11H2,1H3,(H,19,20)/t13-,15?,16?/m1/s1. The van der Waals surface area contributed by atoms with Gasteiger partial charge in [0.15, 0.2) is 0 Å². The molecule has 0 aliphatic carbocycles. The van der Waals surface area contributed by atoms with Crippen LogP contribution in [0.25, 0.3) is 0 Å². The molecule has 3 rings (SSSR count). The number of benzene rings is 1. The average Bonchev–Trinajstić information content (AvgIpc) is 2.83. The molecule has 3 atom stereocenters. The van der Waals surface area contributed by atoms with Gasteiger partial charge in [-0.2, -0.15) is 0 Å². The lowest BCUT2D eigenvalue weighted by Crippen LogP contribution is -2.44. The van der Waals surface area contributed by atoms with Gasteiger partial charge in [-0.25, -0.2) is 0 Å². The van der Waals surface area contributed by atoms with Gasteiger partial charge in [0.05, 0.1) is 7.11 Å². The first-order valence-corrected chi connectivity index (χ1v) is 7.93. The van der Waals surface area contributed by atoms with Crippen LogP contribution in [0.3, 0.4) is 0 Å². The van der Waals surface area contributed by atoms with Gasteiger partial charge in [-0.1, -0.05) is 18.6 Å². The van der Waals surface area contributed by atoms with Crippen LogP contribution in [0, 0.1) is 0 Å². The Hall–Kier alpha value is -1.55. The first-order chi connectivity index (χ1) is 10.2. The molecular weight excluding hydrogens is 264 g/mol. The second-order valence-corrected chi connectivity index (χ2v) is 6.18. The van der Waals surface area contributed by atoms with Crippen LogP contribution < -0.4 is 15.4 Å². The number of ether oxygens (including phenoxy) is 1. The number of nitrogens with one attached hydrogen (secondary N) is 2. The molecule has 1 amide bonds. The molecule has 2 aliphatic rings. The smallest absolute Gasteiger partial charge is 0.220 e. The molecule has 0 aromatic heterocycles. The van der Waals surface area contributed by atoms with Gasteiger partial charge in [-0.15, -0.1) is 0 Å². The minimum atomic E-state index is 0.219. The first-order valence-electron chi connectivity index (χ1n) is 7.93. The highest BCUT2D eigenvalue weighted by molar-refractivity contribution is 5.76. The van der Waals surface area contributed by atoms with Gasteiger partial charge in [0.2, 0.25) is 5.91 Å². The molecule has 4 heteroatoms. The lowest BCUT2D eigenvalue weighted by molar-refractivity contribution is -0.122. The molecule has 0 spiro atoms. The van der Waals surface area contributed by atoms with Crippen LogP contribution >= 0.6 is 0 Å². The van der Waals surface area contributed by atoms with E-state index in [1.165, 1.54) is 12.0 Å². The minimum absolute atomic E-state index is 0.219. The molecule has 0 bridgehead atoms. The molecule has 2 saturated heterocycles. The quantitative estimate of drug-likeness (QED) is 0.895. The van der Waals surface area contributed by atoms with Crippen molar-refractivity contribution in [3.8, 4) is 5.75 Å². The highest BCUT2D eigenvalue weighted by Crippen LogP contribution is 2.23. The monoisotopic (exact) mass is 288 g/mol. The maximum atomic E-state index is 11.8. The van der Waals surface area contributed by atoms with Crippen molar-refractivity contribution >= 4 is 5.91 Å². The number of carbonyl (C=O) groups is 1. The molecule has 4 nitrogen and oxygen atoms in total. The zero-order valence-electron chi connectivity index (χ0n) is 12.6. The summed E-state index contributed by atoms with van der Waals surface area (Å²) < 4.78 is 5.19. The molecule has 2 fully saturated rings. The van der Waals surface area contributed by atoms with Crippen LogP contribution in [-0.2, 0) is 11.2 Å². The Bertz CT molecular complexity index is 486. The summed E-state index contributed by atoms with van der Waals surface area (Å²) in [5.74, 6) is 1.11. The zero-order chi connectivity index (χ0) is 14.7. The van der Waals surface area contributed by atoms with Crippen molar-refractivity contribution in [1.29, 1.82) is 0 Å². The summed E-state index contributed by atoms with van der Waals surface area (Å²) in [6, 6.07) is 9.47. The van der Waals surface area contributed by atoms with Crippen molar-refractivity contribution in [3.05, 3.63) is 29.8 Å². The van der Waals surface area contributed by atoms with Crippen LogP contribution in [0.5, 0.6) is 5.75 Å². The van der Waals surface area contributed by atoms with Crippen LogP contribution in [0.2, 0.25) is 0 Å². The van der Waals surface area contributed by atoms with E-state index in [1.54, 1.807) is 7.11 Å². The third kappa shape index (κ3) is 3.56. The van der Waals surface area contributed by atoms with Gasteiger partial charge in [0, 0.05) is 24.5 Å². The van der Waals surface area contributed by atoms with Crippen molar-refractivity contribution in [2.75, 3.05) is 7.11 Å². The number of rotatable bonds is 3. The lowest BCUT2D eigenvalue weighted by Gasteiger charge is -2.23. The van der Waals surface area contributed by atoms with Crippen molar-refractivity contribution in [3.63, 3.8) is 0 Å². The topological polar surface area (TPSA) is 50.4 Å². The summed E-state index contributed by atoms with van der Waals surface area (Å²) in [4.78, 5) is 11.8. The van der Waals surface area contributed by atoms with Gasteiger partial charge in [0.1, 0.15) is 5.75 Å². The molecular formula is C17H24N2O2. The maximum Gasteiger partial charge on any atom is 0.220 e. The molecule has 2 heterocycles. The Balaban J connectivity index is 1.60. The predicted octanol–water partition coefficient (Wildman–Crippen LogP) is 2.03. The normalized spacial score (nSPS) is 29.2. The van der Waals surface area contributed by atoms with Crippen LogP contribution in [0.4, 0.5) is 0 Å². The van der Waals surface area contributed by atoms with Gasteiger partial charge in [0.25, 0.3) is 0 Å². The first kappa shape index (κ1) is 14.4. The second kappa shape index (κ2) is 6.48. The second-order valence-electron chi connectivity index (χ2n) is 6.18. The van der Waals surface area contributed by atoms with E-state index >= 15 is 0 Å². The number of amides is 1. The van der Waals surface area contributed by atoms with E-state index in [9.17, 15) is 4.79 Å². The SMILES string of the molecule is COc1ccc(C[C@@H]2CC3NC(=O)CCCCC3N2)cc1. The van der Waals surface area contributed by atoms with Crippen LogP contribution in [-0.4, -0.2) is 31.1 Å². The number of fused-ring (bicyclic) bond motifs is 1. The fourth-order valence-electron chi connectivity index (χ4n) is 3.52. The molecule has 21 heavy (non-hydrogen) atoms. The summed E-state index contributed by atoms with van der Waals surface area (Å²) in [7, 11) is 1.69. The maximum absolute atomic E-state index is 11.8. The highest BCUT2D eigenvalue weighted by Gasteiger charge is 2.34. The Morgan fingerprint density at radius 3 is 2.76 bits per heavy atom. The van der Waals surface area contributed by atoms with Crippen LogP contribution in [0.15, 0.2) is 24.3 Å². The molecule has 2 unspecified atom stereocenters. The lowest BCUT2D eigenvalue weighted by atomic mass is 9.98. The van der Waals surface area contributed by atoms with Crippen molar-refractivity contribution in [2.24, 2.45) is 0 Å². The summed E-state index contributed by atoms with van der Waals surface area (Å²) in [6.45, 7) is 0. The van der Waals surface area contributed by atoms with Crippen molar-refractivity contribution in [1.82, 2.24) is 10.6 Å². The van der Waals surface area contributed by atoms with E-state index in [-0.39, 0.29) is 5.91 Å². The third-order valence-electron chi connectivity index (χ3n) is 4.63. The van der Waals surface area contributed by atoms with E-state index in [2.05, 4.69) is 22.8 Å². The van der Waals surface area contributed by atoms with E-state index in [1.807, 2.05) is 12.1 Å². The largest absolute Gasteiger partial charge is 0.497 e.